The Hall–Kier alpha value is -1.09. The monoisotopic (exact) mass is 215 g/mol. The average Bonchev–Trinajstić information content (AvgIpc) is 2.01. The smallest absolute Gasteiger partial charge is 0.255 e. The summed E-state index contributed by atoms with van der Waals surface area (Å²) >= 11 is 5.71. The number of rotatable bonds is 2. The van der Waals surface area contributed by atoms with Crippen molar-refractivity contribution >= 4 is 17.5 Å². The predicted octanol–water partition coefficient (Wildman–Crippen LogP) is 2.62. The highest BCUT2D eigenvalue weighted by atomic mass is 35.5. The summed E-state index contributed by atoms with van der Waals surface area (Å²) in [5, 5.41) is 2.71. The van der Waals surface area contributed by atoms with Gasteiger partial charge < -0.3 is 5.32 Å². The molecule has 0 aliphatic rings. The van der Waals surface area contributed by atoms with Crippen LogP contribution in [0.4, 0.5) is 4.39 Å². The topological polar surface area (TPSA) is 29.1 Å². The first-order valence-electron chi connectivity index (χ1n) is 4.27. The van der Waals surface area contributed by atoms with Gasteiger partial charge in [-0.15, -0.1) is 0 Å². The lowest BCUT2D eigenvalue weighted by Gasteiger charge is -2.09. The molecule has 0 saturated heterocycles. The minimum atomic E-state index is -0.601. The van der Waals surface area contributed by atoms with Gasteiger partial charge in [-0.05, 0) is 26.0 Å². The van der Waals surface area contributed by atoms with Crippen LogP contribution in [-0.2, 0) is 0 Å². The Balaban J connectivity index is 3.00. The molecule has 0 aromatic heterocycles. The van der Waals surface area contributed by atoms with Gasteiger partial charge in [0.1, 0.15) is 5.82 Å². The summed E-state index contributed by atoms with van der Waals surface area (Å²) in [5.41, 5.74) is -0.0946. The largest absolute Gasteiger partial charge is 0.350 e. The molecule has 0 saturated carbocycles. The van der Waals surface area contributed by atoms with Crippen LogP contribution in [-0.4, -0.2) is 11.9 Å². The first kappa shape index (κ1) is 11.0. The van der Waals surface area contributed by atoms with Gasteiger partial charge in [-0.2, -0.15) is 0 Å². The molecule has 0 radical (unpaired) electrons. The number of halogens is 2. The van der Waals surface area contributed by atoms with Crippen molar-refractivity contribution < 1.29 is 9.18 Å². The highest BCUT2D eigenvalue weighted by molar-refractivity contribution is 6.33. The lowest BCUT2D eigenvalue weighted by molar-refractivity contribution is 0.0939. The van der Waals surface area contributed by atoms with E-state index in [1.54, 1.807) is 13.8 Å². The molecule has 0 aliphatic carbocycles. The molecule has 1 aromatic carbocycles. The zero-order valence-electron chi connectivity index (χ0n) is 7.97. The summed E-state index contributed by atoms with van der Waals surface area (Å²) in [6.07, 6.45) is 0. The lowest BCUT2D eigenvalue weighted by Crippen LogP contribution is -2.31. The number of nitrogens with one attached hydrogen (secondary N) is 1. The van der Waals surface area contributed by atoms with Crippen LogP contribution in [0.15, 0.2) is 18.2 Å². The van der Waals surface area contributed by atoms with Crippen LogP contribution in [0, 0.1) is 5.82 Å². The third kappa shape index (κ3) is 2.45. The molecule has 1 amide bonds. The van der Waals surface area contributed by atoms with Gasteiger partial charge in [0, 0.05) is 6.04 Å². The summed E-state index contributed by atoms with van der Waals surface area (Å²) in [5.74, 6) is -1.08. The molecule has 0 aliphatic heterocycles. The van der Waals surface area contributed by atoms with Crippen LogP contribution in [0.3, 0.4) is 0 Å². The third-order valence-corrected chi connectivity index (χ3v) is 1.92. The van der Waals surface area contributed by atoms with E-state index in [1.165, 1.54) is 18.2 Å². The van der Waals surface area contributed by atoms with Gasteiger partial charge in [-0.1, -0.05) is 17.7 Å². The van der Waals surface area contributed by atoms with Crippen LogP contribution in [0.2, 0.25) is 5.02 Å². The van der Waals surface area contributed by atoms with Crippen LogP contribution >= 0.6 is 11.6 Å². The molecule has 14 heavy (non-hydrogen) atoms. The molecule has 0 bridgehead atoms. The van der Waals surface area contributed by atoms with Crippen molar-refractivity contribution in [1.82, 2.24) is 5.32 Å². The Bertz CT molecular complexity index is 332. The highest BCUT2D eigenvalue weighted by Gasteiger charge is 2.15. The van der Waals surface area contributed by atoms with Crippen molar-refractivity contribution in [3.63, 3.8) is 0 Å². The van der Waals surface area contributed by atoms with Crippen LogP contribution in [0.25, 0.3) is 0 Å². The molecule has 2 nitrogen and oxygen atoms in total. The van der Waals surface area contributed by atoms with Gasteiger partial charge >= 0.3 is 0 Å². The van der Waals surface area contributed by atoms with Crippen molar-refractivity contribution in [1.29, 1.82) is 0 Å². The number of amides is 1. The van der Waals surface area contributed by atoms with Gasteiger partial charge in [-0.25, -0.2) is 4.39 Å². The molecule has 0 atom stereocenters. The number of benzene rings is 1. The molecule has 1 N–H and O–H groups in total. The first-order valence-corrected chi connectivity index (χ1v) is 4.65. The minimum absolute atomic E-state index is 0.0434. The number of carbonyl (C=O) groups excluding carboxylic acids is 1. The van der Waals surface area contributed by atoms with Gasteiger partial charge in [0.05, 0.1) is 10.6 Å². The zero-order valence-corrected chi connectivity index (χ0v) is 8.73. The summed E-state index contributed by atoms with van der Waals surface area (Å²) in [6, 6.07) is 4.11. The van der Waals surface area contributed by atoms with Crippen LogP contribution in [0.5, 0.6) is 0 Å². The third-order valence-electron chi connectivity index (χ3n) is 1.61. The molecule has 0 fully saturated rings. The normalized spacial score (nSPS) is 10.4. The standard InChI is InChI=1S/C10H11ClFNO/c1-6(2)13-10(14)9-7(11)4-3-5-8(9)12/h3-6H,1-2H3,(H,13,14). The molecule has 0 heterocycles. The molecular formula is C10H11ClFNO. The Morgan fingerprint density at radius 1 is 1.50 bits per heavy atom. The minimum Gasteiger partial charge on any atom is -0.350 e. The highest BCUT2D eigenvalue weighted by Crippen LogP contribution is 2.18. The van der Waals surface area contributed by atoms with Crippen molar-refractivity contribution in [2.24, 2.45) is 0 Å². The Morgan fingerprint density at radius 2 is 2.14 bits per heavy atom. The summed E-state index contributed by atoms with van der Waals surface area (Å²) < 4.78 is 13.2. The zero-order chi connectivity index (χ0) is 10.7. The summed E-state index contributed by atoms with van der Waals surface area (Å²) in [4.78, 5) is 11.5. The second-order valence-corrected chi connectivity index (χ2v) is 3.63. The van der Waals surface area contributed by atoms with Crippen molar-refractivity contribution in [2.45, 2.75) is 19.9 Å². The maximum atomic E-state index is 13.2. The van der Waals surface area contributed by atoms with E-state index in [9.17, 15) is 9.18 Å². The second-order valence-electron chi connectivity index (χ2n) is 3.22. The molecule has 0 spiro atoms. The van der Waals surface area contributed by atoms with E-state index in [4.69, 9.17) is 11.6 Å². The van der Waals surface area contributed by atoms with Crippen molar-refractivity contribution in [3.05, 3.63) is 34.6 Å². The molecule has 76 valence electrons. The first-order chi connectivity index (χ1) is 6.52. The average molecular weight is 216 g/mol. The molecule has 1 aromatic rings. The van der Waals surface area contributed by atoms with E-state index in [1.807, 2.05) is 0 Å². The maximum absolute atomic E-state index is 13.2. The van der Waals surface area contributed by atoms with E-state index in [2.05, 4.69) is 5.32 Å². The number of carbonyl (C=O) groups is 1. The SMILES string of the molecule is CC(C)NC(=O)c1c(F)cccc1Cl. The quantitative estimate of drug-likeness (QED) is 0.808. The molecular weight excluding hydrogens is 205 g/mol. The summed E-state index contributed by atoms with van der Waals surface area (Å²) in [7, 11) is 0. The van der Waals surface area contributed by atoms with E-state index < -0.39 is 11.7 Å². The van der Waals surface area contributed by atoms with E-state index in [0.29, 0.717) is 0 Å². The fraction of sp³-hybridized carbons (Fsp3) is 0.300. The fourth-order valence-electron chi connectivity index (χ4n) is 1.05. The number of hydrogen-bond donors (Lipinski definition) is 1. The fourth-order valence-corrected chi connectivity index (χ4v) is 1.30. The Kier molecular flexibility index (Phi) is 3.47. The predicted molar refractivity (Wildman–Crippen MR) is 54.0 cm³/mol. The van der Waals surface area contributed by atoms with E-state index in [0.717, 1.165) is 0 Å². The Labute approximate surface area is 87.1 Å². The Morgan fingerprint density at radius 3 is 2.64 bits per heavy atom. The van der Waals surface area contributed by atoms with Crippen molar-refractivity contribution in [3.8, 4) is 0 Å². The van der Waals surface area contributed by atoms with E-state index in [-0.39, 0.29) is 16.6 Å². The van der Waals surface area contributed by atoms with Gasteiger partial charge in [0.15, 0.2) is 0 Å². The van der Waals surface area contributed by atoms with Crippen molar-refractivity contribution in [2.75, 3.05) is 0 Å². The van der Waals surface area contributed by atoms with E-state index >= 15 is 0 Å². The van der Waals surface area contributed by atoms with Crippen LogP contribution < -0.4 is 5.32 Å². The van der Waals surface area contributed by atoms with Gasteiger partial charge in [0.2, 0.25) is 0 Å². The van der Waals surface area contributed by atoms with Gasteiger partial charge in [-0.3, -0.25) is 4.79 Å². The maximum Gasteiger partial charge on any atom is 0.255 e. The molecule has 0 unspecified atom stereocenters. The second kappa shape index (κ2) is 4.42. The number of hydrogen-bond acceptors (Lipinski definition) is 1. The lowest BCUT2D eigenvalue weighted by atomic mass is 10.2. The summed E-state index contributed by atoms with van der Waals surface area (Å²) in [6.45, 7) is 3.60. The molecule has 4 heteroatoms. The van der Waals surface area contributed by atoms with Gasteiger partial charge in [0.25, 0.3) is 5.91 Å². The van der Waals surface area contributed by atoms with Crippen LogP contribution in [0.1, 0.15) is 24.2 Å². The molecule has 1 rings (SSSR count).